The van der Waals surface area contributed by atoms with E-state index in [1.807, 2.05) is 6.66 Å². The first-order valence-corrected chi connectivity index (χ1v) is 3.19. The minimum Gasteiger partial charge on any atom is 0 e. The number of rotatable bonds is 0. The molecular formula is CH4BCuMnN2OZn. The molecule has 8 heavy (non-hydrogen) atoms. The number of carbonyl (C=O) groups is 1. The zero-order chi connectivity index (χ0) is 4.57. The van der Waals surface area contributed by atoms with Crippen LogP contribution in [0.5, 0.6) is 0 Å². The maximum absolute atomic E-state index is 9.89. The number of carbonyl (C=O) groups excluding carboxylic acids is 1. The molecule has 0 spiro atoms. The molecule has 2 N–H and O–H groups in total. The molecule has 47 valence electrons. The van der Waals surface area contributed by atoms with E-state index in [0.29, 0.717) is 0 Å². The molecule has 0 saturated carbocycles. The molecule has 1 saturated heterocycles. The largest absolute Gasteiger partial charge is 0 e. The van der Waals surface area contributed by atoms with E-state index in [-0.39, 0.29) is 56.7 Å². The number of amides is 2. The Hall–Kier alpha value is 0.997. The van der Waals surface area contributed by atoms with Crippen molar-refractivity contribution in [2.24, 2.45) is 0 Å². The summed E-state index contributed by atoms with van der Waals surface area (Å²) < 4.78 is 5.15. The topological polar surface area (TPSA) is 41.1 Å². The summed E-state index contributed by atoms with van der Waals surface area (Å²) in [5, 5.41) is 0. The second-order valence-corrected chi connectivity index (χ2v) is 2.50. The molecule has 0 atom stereocenters. The van der Waals surface area contributed by atoms with Crippen LogP contribution in [-0.4, -0.2) is 12.7 Å². The van der Waals surface area contributed by atoms with E-state index in [2.05, 4.69) is 8.67 Å². The third kappa shape index (κ3) is 3.11. The van der Waals surface area contributed by atoms with Crippen LogP contribution in [0.3, 0.4) is 0 Å². The van der Waals surface area contributed by atoms with Crippen LogP contribution in [0.15, 0.2) is 0 Å². The quantitative estimate of drug-likeness (QED) is 0.497. The molecule has 1 fully saturated rings. The van der Waals surface area contributed by atoms with Crippen LogP contribution in [0.25, 0.3) is 0 Å². The average Bonchev–Trinajstić information content (AvgIpc) is 1.33. The summed E-state index contributed by atoms with van der Waals surface area (Å²) in [7, 11) is 0. The van der Waals surface area contributed by atoms with Crippen molar-refractivity contribution in [2.75, 3.05) is 0 Å². The summed E-state index contributed by atoms with van der Waals surface area (Å²) in [6, 6.07) is -0.0579. The molecule has 1 radical (unpaired) electrons. The molecule has 2 amide bonds. The predicted molar refractivity (Wildman–Crippen MR) is 20.2 cm³/mol. The molecule has 1 aliphatic heterocycles. The summed E-state index contributed by atoms with van der Waals surface area (Å²) >= 11 is 0.0318. The Morgan fingerprint density at radius 3 is 1.88 bits per heavy atom. The van der Waals surface area contributed by atoms with E-state index in [9.17, 15) is 4.79 Å². The minimum absolute atomic E-state index is 0. The van der Waals surface area contributed by atoms with Gasteiger partial charge in [-0.1, -0.05) is 0 Å². The predicted octanol–water partition coefficient (Wildman–Crippen LogP) is -1.71. The summed E-state index contributed by atoms with van der Waals surface area (Å²) in [6.45, 7) is 1.90. The summed E-state index contributed by atoms with van der Waals surface area (Å²) in [6.07, 6.45) is 0. The van der Waals surface area contributed by atoms with Gasteiger partial charge in [-0.3, -0.25) is 0 Å². The second kappa shape index (κ2) is 4.84. The van der Waals surface area contributed by atoms with E-state index in [1.54, 1.807) is 0 Å². The Bertz CT molecular complexity index is 86.1. The molecule has 1 rings (SSSR count). The van der Waals surface area contributed by atoms with Crippen molar-refractivity contribution in [1.29, 1.82) is 0 Å². The molecule has 0 bridgehead atoms. The molecule has 1 aliphatic rings. The van der Waals surface area contributed by atoms with Crippen LogP contribution in [-0.2, 0) is 50.7 Å². The Labute approximate surface area is 76.5 Å². The molecule has 7 heteroatoms. The number of nitrogens with one attached hydrogen (secondary N) is 2. The smallest absolute Gasteiger partial charge is 0 e. The number of hydrogen-bond acceptors (Lipinski definition) is 1. The van der Waals surface area contributed by atoms with Gasteiger partial charge in [-0.05, 0) is 0 Å². The van der Waals surface area contributed by atoms with Gasteiger partial charge in [0.25, 0.3) is 0 Å². The normalized spacial score (nSPS) is 18.0. The Morgan fingerprint density at radius 1 is 1.50 bits per heavy atom. The van der Waals surface area contributed by atoms with Gasteiger partial charge in [0.1, 0.15) is 0 Å². The Morgan fingerprint density at radius 2 is 1.88 bits per heavy atom. The van der Waals surface area contributed by atoms with E-state index < -0.39 is 0 Å². The number of hydrogen-bond donors (Lipinski definition) is 2. The molecule has 0 aromatic heterocycles. The average molecular weight is 255 g/mol. The second-order valence-electron chi connectivity index (χ2n) is 0.857. The van der Waals surface area contributed by atoms with Gasteiger partial charge in [0, 0.05) is 36.5 Å². The van der Waals surface area contributed by atoms with E-state index in [4.69, 9.17) is 0 Å². The van der Waals surface area contributed by atoms with Gasteiger partial charge in [-0.25, -0.2) is 0 Å². The van der Waals surface area contributed by atoms with Crippen molar-refractivity contribution in [1.82, 2.24) is 8.67 Å². The molecule has 0 aliphatic carbocycles. The third-order valence-corrected chi connectivity index (χ3v) is 1.50. The fourth-order valence-corrected chi connectivity index (χ4v) is 0.847. The van der Waals surface area contributed by atoms with Gasteiger partial charge in [0.15, 0.2) is 0 Å². The van der Waals surface area contributed by atoms with E-state index in [1.165, 1.54) is 0 Å². The van der Waals surface area contributed by atoms with Gasteiger partial charge in [-0.15, -0.1) is 0 Å². The third-order valence-electron chi connectivity index (χ3n) is 0.363. The van der Waals surface area contributed by atoms with Crippen molar-refractivity contribution < 1.29 is 55.5 Å². The summed E-state index contributed by atoms with van der Waals surface area (Å²) in [4.78, 5) is 9.89. The fraction of sp³-hybridized carbons (Fsp3) is 0. The van der Waals surface area contributed by atoms with Crippen LogP contribution < -0.4 is 8.67 Å². The fourth-order valence-electron chi connectivity index (χ4n) is 0.205. The van der Waals surface area contributed by atoms with E-state index in [0.717, 1.165) is 0 Å². The van der Waals surface area contributed by atoms with Gasteiger partial charge in [0.05, 0.1) is 0 Å². The zero-order valence-corrected chi connectivity index (χ0v) is 9.38. The molecule has 0 aromatic carbocycles. The van der Waals surface area contributed by atoms with Gasteiger partial charge >= 0.3 is 40.3 Å². The minimum atomic E-state index is -0.0579. The summed E-state index contributed by atoms with van der Waals surface area (Å²) in [5.41, 5.74) is 0. The van der Waals surface area contributed by atoms with Crippen LogP contribution >= 0.6 is 0 Å². The first-order chi connectivity index (χ1) is 2.79. The summed E-state index contributed by atoms with van der Waals surface area (Å²) in [5.74, 6) is 0. The van der Waals surface area contributed by atoms with Crippen LogP contribution in [0.1, 0.15) is 0 Å². The van der Waals surface area contributed by atoms with Gasteiger partial charge < -0.3 is 0 Å². The number of urea groups is 1. The molecule has 1 heterocycles. The van der Waals surface area contributed by atoms with Crippen molar-refractivity contribution in [3.8, 4) is 0 Å². The Kier molecular flexibility index (Phi) is 7.11. The maximum atomic E-state index is 9.89. The first kappa shape index (κ1) is 11.8. The molecule has 0 aromatic rings. The Balaban J connectivity index is 0. The van der Waals surface area contributed by atoms with E-state index >= 15 is 0 Å². The molecule has 0 unspecified atom stereocenters. The van der Waals surface area contributed by atoms with Crippen LogP contribution in [0.2, 0.25) is 0 Å². The van der Waals surface area contributed by atoms with Crippen molar-refractivity contribution >= 4 is 12.7 Å². The SMILES string of the molecule is [BH2][Cu]1[NH]C(=O)[NH]1.[Mn].[Zn]. The van der Waals surface area contributed by atoms with Crippen LogP contribution in [0, 0.1) is 0 Å². The van der Waals surface area contributed by atoms with Gasteiger partial charge in [-0.2, -0.15) is 0 Å². The van der Waals surface area contributed by atoms with Crippen molar-refractivity contribution in [3.05, 3.63) is 0 Å². The molecule has 3 nitrogen and oxygen atoms in total. The van der Waals surface area contributed by atoms with Crippen LogP contribution in [0.4, 0.5) is 4.79 Å². The van der Waals surface area contributed by atoms with Gasteiger partial charge in [0.2, 0.25) is 0 Å². The standard InChI is InChI=1S/CH3N2O.BH2.Cu.Mn.Zn/c2-1(3)4;;;;/h(H3-,2,3,4);1H2;;;/q-1;2*+1;;/p-1. The van der Waals surface area contributed by atoms with Crippen molar-refractivity contribution in [2.45, 2.75) is 0 Å². The maximum Gasteiger partial charge on any atom is 0 e. The zero-order valence-electron chi connectivity index (χ0n) is 4.29. The monoisotopic (exact) mass is 253 g/mol. The van der Waals surface area contributed by atoms with Crippen molar-refractivity contribution in [3.63, 3.8) is 0 Å². The first-order valence-electron chi connectivity index (χ1n) is 1.31. The molecular weight excluding hydrogens is 251 g/mol.